The predicted molar refractivity (Wildman–Crippen MR) is 131 cm³/mol. The number of hydrogen-bond donors (Lipinski definition) is 1. The van der Waals surface area contributed by atoms with Gasteiger partial charge in [0, 0.05) is 35.4 Å². The van der Waals surface area contributed by atoms with Gasteiger partial charge >= 0.3 is 0 Å². The van der Waals surface area contributed by atoms with Crippen molar-refractivity contribution < 1.29 is 9.53 Å². The van der Waals surface area contributed by atoms with Gasteiger partial charge in [-0.2, -0.15) is 10.4 Å². The molecular weight excluding hydrogens is 450 g/mol. The van der Waals surface area contributed by atoms with Crippen molar-refractivity contribution in [2.24, 2.45) is 0 Å². The zero-order valence-corrected chi connectivity index (χ0v) is 19.0. The number of benzene rings is 2. The normalized spacial score (nSPS) is 11.0. The van der Waals surface area contributed by atoms with Crippen LogP contribution < -0.4 is 10.1 Å². The van der Waals surface area contributed by atoms with E-state index in [4.69, 9.17) is 21.4 Å². The number of pyridine rings is 1. The fourth-order valence-corrected chi connectivity index (χ4v) is 3.63. The molecule has 0 aliphatic rings. The molecule has 0 radical (unpaired) electrons. The van der Waals surface area contributed by atoms with E-state index in [0.29, 0.717) is 34.3 Å². The molecule has 0 unspecified atom stereocenters. The van der Waals surface area contributed by atoms with Gasteiger partial charge in [-0.3, -0.25) is 14.5 Å². The predicted octanol–water partition coefficient (Wildman–Crippen LogP) is 5.20. The molecule has 0 atom stereocenters. The second-order valence-corrected chi connectivity index (χ2v) is 7.74. The summed E-state index contributed by atoms with van der Waals surface area (Å²) in [6, 6.07) is 20.4. The zero-order valence-electron chi connectivity index (χ0n) is 18.3. The third-order valence-corrected chi connectivity index (χ3v) is 5.28. The van der Waals surface area contributed by atoms with Crippen LogP contribution in [0.3, 0.4) is 0 Å². The minimum absolute atomic E-state index is 0.0728. The van der Waals surface area contributed by atoms with Gasteiger partial charge in [0.15, 0.2) is 0 Å². The van der Waals surface area contributed by atoms with Crippen LogP contribution in [0.1, 0.15) is 11.1 Å². The van der Waals surface area contributed by atoms with E-state index in [9.17, 15) is 10.1 Å². The summed E-state index contributed by atoms with van der Waals surface area (Å²) in [6.07, 6.45) is 6.70. The molecule has 0 bridgehead atoms. The number of methoxy groups -OCH3 is 1. The Kier molecular flexibility index (Phi) is 7.01. The zero-order chi connectivity index (χ0) is 23.9. The number of nitrogens with one attached hydrogen (secondary N) is 1. The number of carbonyl (C=O) groups is 1. The molecule has 34 heavy (non-hydrogen) atoms. The number of nitriles is 1. The number of ether oxygens (including phenoxy) is 1. The molecule has 168 valence electrons. The van der Waals surface area contributed by atoms with Crippen molar-refractivity contribution >= 4 is 29.3 Å². The highest BCUT2D eigenvalue weighted by Gasteiger charge is 2.15. The van der Waals surface area contributed by atoms with Crippen LogP contribution >= 0.6 is 11.6 Å². The number of rotatable bonds is 7. The van der Waals surface area contributed by atoms with Gasteiger partial charge < -0.3 is 10.1 Å². The molecule has 1 amide bonds. The van der Waals surface area contributed by atoms with Crippen molar-refractivity contribution in [1.82, 2.24) is 14.8 Å². The van der Waals surface area contributed by atoms with E-state index in [1.165, 1.54) is 13.2 Å². The number of hydrogen-bond acceptors (Lipinski definition) is 5. The standard InChI is InChI=1S/C26H20ClN5O2/c1-34-24-10-9-22(13-23(24)27)30-26(33)20(14-28)12-21-17-32(16-18-6-3-2-4-7-18)31-25(21)19-8-5-11-29-15-19/h2-13,15,17H,16H2,1H3,(H,30,33)/b20-12+. The molecule has 0 aliphatic heterocycles. The molecule has 0 saturated heterocycles. The van der Waals surface area contributed by atoms with Crippen molar-refractivity contribution in [2.45, 2.75) is 6.54 Å². The van der Waals surface area contributed by atoms with Crippen LogP contribution in [0.2, 0.25) is 5.02 Å². The summed E-state index contributed by atoms with van der Waals surface area (Å²) in [7, 11) is 1.51. The first-order chi connectivity index (χ1) is 16.6. The van der Waals surface area contributed by atoms with Gasteiger partial charge in [0.25, 0.3) is 5.91 Å². The van der Waals surface area contributed by atoms with Gasteiger partial charge in [-0.05, 0) is 42.0 Å². The van der Waals surface area contributed by atoms with Gasteiger partial charge in [-0.25, -0.2) is 0 Å². The van der Waals surface area contributed by atoms with E-state index in [1.54, 1.807) is 35.3 Å². The van der Waals surface area contributed by atoms with E-state index in [0.717, 1.165) is 11.1 Å². The van der Waals surface area contributed by atoms with E-state index in [1.807, 2.05) is 54.7 Å². The van der Waals surface area contributed by atoms with E-state index in [2.05, 4.69) is 10.3 Å². The molecule has 2 aromatic heterocycles. The maximum Gasteiger partial charge on any atom is 0.266 e. The molecule has 0 aliphatic carbocycles. The van der Waals surface area contributed by atoms with Gasteiger partial charge in [-0.1, -0.05) is 41.9 Å². The second kappa shape index (κ2) is 10.5. The van der Waals surface area contributed by atoms with Gasteiger partial charge in [0.1, 0.15) is 23.1 Å². The fraction of sp³-hybridized carbons (Fsp3) is 0.0769. The van der Waals surface area contributed by atoms with Crippen LogP contribution in [0.4, 0.5) is 5.69 Å². The third kappa shape index (κ3) is 5.31. The minimum Gasteiger partial charge on any atom is -0.495 e. The van der Waals surface area contributed by atoms with E-state index >= 15 is 0 Å². The van der Waals surface area contributed by atoms with Crippen molar-refractivity contribution in [3.8, 4) is 23.1 Å². The molecular formula is C26H20ClN5O2. The Balaban J connectivity index is 1.66. The molecule has 8 heteroatoms. The van der Waals surface area contributed by atoms with Gasteiger partial charge in [0.05, 0.1) is 18.7 Å². The lowest BCUT2D eigenvalue weighted by molar-refractivity contribution is -0.112. The number of anilines is 1. The van der Waals surface area contributed by atoms with Crippen molar-refractivity contribution in [2.75, 3.05) is 12.4 Å². The number of nitrogens with zero attached hydrogens (tertiary/aromatic N) is 4. The second-order valence-electron chi connectivity index (χ2n) is 7.33. The first-order valence-corrected chi connectivity index (χ1v) is 10.7. The molecule has 2 heterocycles. The highest BCUT2D eigenvalue weighted by molar-refractivity contribution is 6.32. The van der Waals surface area contributed by atoms with Crippen LogP contribution in [0.5, 0.6) is 5.75 Å². The SMILES string of the molecule is COc1ccc(NC(=O)/C(C#N)=C/c2cn(Cc3ccccc3)nc2-c2cccnc2)cc1Cl. The van der Waals surface area contributed by atoms with Crippen molar-refractivity contribution in [3.63, 3.8) is 0 Å². The molecule has 4 aromatic rings. The van der Waals surface area contributed by atoms with E-state index in [-0.39, 0.29) is 5.57 Å². The Morgan fingerprint density at radius 3 is 2.71 bits per heavy atom. The molecule has 4 rings (SSSR count). The molecule has 0 spiro atoms. The molecule has 2 aromatic carbocycles. The monoisotopic (exact) mass is 469 g/mol. The Labute approximate surface area is 201 Å². The third-order valence-electron chi connectivity index (χ3n) is 4.99. The molecule has 7 nitrogen and oxygen atoms in total. The number of amides is 1. The Morgan fingerprint density at radius 1 is 1.21 bits per heavy atom. The number of halogens is 1. The molecule has 0 saturated carbocycles. The van der Waals surface area contributed by atoms with Crippen LogP contribution in [-0.2, 0) is 11.3 Å². The highest BCUT2D eigenvalue weighted by atomic mass is 35.5. The van der Waals surface area contributed by atoms with Crippen molar-refractivity contribution in [3.05, 3.63) is 101 Å². The topological polar surface area (TPSA) is 92.8 Å². The Morgan fingerprint density at radius 2 is 2.03 bits per heavy atom. The van der Waals surface area contributed by atoms with E-state index < -0.39 is 5.91 Å². The maximum atomic E-state index is 12.8. The summed E-state index contributed by atoms with van der Waals surface area (Å²) in [5.74, 6) is -0.0701. The first kappa shape index (κ1) is 22.8. The van der Waals surface area contributed by atoms with Crippen LogP contribution in [0, 0.1) is 11.3 Å². The summed E-state index contributed by atoms with van der Waals surface area (Å²) < 4.78 is 6.91. The van der Waals surface area contributed by atoms with Gasteiger partial charge in [0.2, 0.25) is 0 Å². The minimum atomic E-state index is -0.559. The maximum absolute atomic E-state index is 12.8. The number of carbonyl (C=O) groups excluding carboxylic acids is 1. The first-order valence-electron chi connectivity index (χ1n) is 10.4. The smallest absolute Gasteiger partial charge is 0.266 e. The fourth-order valence-electron chi connectivity index (χ4n) is 3.37. The van der Waals surface area contributed by atoms with Crippen molar-refractivity contribution in [1.29, 1.82) is 5.26 Å². The summed E-state index contributed by atoms with van der Waals surface area (Å²) in [4.78, 5) is 17.0. The lowest BCUT2D eigenvalue weighted by Gasteiger charge is -2.07. The summed E-state index contributed by atoms with van der Waals surface area (Å²) in [6.45, 7) is 0.542. The lowest BCUT2D eigenvalue weighted by Crippen LogP contribution is -2.13. The average molecular weight is 470 g/mol. The average Bonchev–Trinajstić information content (AvgIpc) is 3.25. The summed E-state index contributed by atoms with van der Waals surface area (Å²) in [5.41, 5.74) is 3.48. The summed E-state index contributed by atoms with van der Waals surface area (Å²) in [5, 5.41) is 17.5. The molecule has 1 N–H and O–H groups in total. The lowest BCUT2D eigenvalue weighted by atomic mass is 10.1. The quantitative estimate of drug-likeness (QED) is 0.296. The molecule has 0 fully saturated rings. The number of aromatic nitrogens is 3. The van der Waals surface area contributed by atoms with Crippen LogP contribution in [0.25, 0.3) is 17.3 Å². The Bertz CT molecular complexity index is 1380. The summed E-state index contributed by atoms with van der Waals surface area (Å²) >= 11 is 6.14. The highest BCUT2D eigenvalue weighted by Crippen LogP contribution is 2.28. The van der Waals surface area contributed by atoms with Crippen LogP contribution in [-0.4, -0.2) is 27.8 Å². The van der Waals surface area contributed by atoms with Gasteiger partial charge in [-0.15, -0.1) is 0 Å². The van der Waals surface area contributed by atoms with Crippen LogP contribution in [0.15, 0.2) is 84.8 Å². The Hall–Kier alpha value is -4.41. The largest absolute Gasteiger partial charge is 0.495 e.